The Morgan fingerprint density at radius 3 is 2.68 bits per heavy atom. The highest BCUT2D eigenvalue weighted by atomic mass is 32.1. The molecule has 0 radical (unpaired) electrons. The van der Waals surface area contributed by atoms with Gasteiger partial charge in [0.05, 0.1) is 10.2 Å². The molecule has 1 aliphatic carbocycles. The van der Waals surface area contributed by atoms with Gasteiger partial charge in [0, 0.05) is 12.2 Å². The van der Waals surface area contributed by atoms with Crippen molar-refractivity contribution < 1.29 is 0 Å². The maximum Gasteiger partial charge on any atom is 0.146 e. The number of nitrogens with zero attached hydrogens (tertiary/aromatic N) is 3. The minimum absolute atomic E-state index is 0.530. The van der Waals surface area contributed by atoms with Crippen LogP contribution < -0.4 is 5.32 Å². The average Bonchev–Trinajstić information content (AvgIpc) is 3.24. The zero-order valence-corrected chi connectivity index (χ0v) is 14.8. The van der Waals surface area contributed by atoms with Crippen LogP contribution in [-0.4, -0.2) is 20.4 Å². The number of pyridine rings is 1. The summed E-state index contributed by atoms with van der Waals surface area (Å²) in [6.45, 7) is 0. The first-order chi connectivity index (χ1) is 12.4. The molecule has 4 aromatic rings. The Balaban J connectivity index is 1.64. The van der Waals surface area contributed by atoms with E-state index in [1.807, 2.05) is 12.1 Å². The van der Waals surface area contributed by atoms with Crippen LogP contribution in [0, 0.1) is 0 Å². The number of fused-ring (bicyclic) bond motifs is 2. The summed E-state index contributed by atoms with van der Waals surface area (Å²) in [4.78, 5) is 9.73. The molecule has 0 spiro atoms. The lowest BCUT2D eigenvalue weighted by atomic mass is 9.95. The van der Waals surface area contributed by atoms with E-state index in [1.165, 1.54) is 36.8 Å². The van der Waals surface area contributed by atoms with Crippen LogP contribution in [-0.2, 0) is 0 Å². The Morgan fingerprint density at radius 2 is 1.80 bits per heavy atom. The van der Waals surface area contributed by atoms with E-state index in [0.29, 0.717) is 6.04 Å². The van der Waals surface area contributed by atoms with Gasteiger partial charge in [-0.1, -0.05) is 37.5 Å². The highest BCUT2D eigenvalue weighted by Crippen LogP contribution is 2.35. The van der Waals surface area contributed by atoms with Crippen molar-refractivity contribution in [2.24, 2.45) is 0 Å². The van der Waals surface area contributed by atoms with E-state index in [2.05, 4.69) is 46.2 Å². The van der Waals surface area contributed by atoms with Gasteiger partial charge in [0.2, 0.25) is 0 Å². The molecule has 3 aromatic heterocycles. The van der Waals surface area contributed by atoms with Crippen molar-refractivity contribution in [1.82, 2.24) is 14.4 Å². The minimum Gasteiger partial charge on any atom is -0.367 e. The molecule has 0 amide bonds. The van der Waals surface area contributed by atoms with Crippen LogP contribution in [0.3, 0.4) is 0 Å². The van der Waals surface area contributed by atoms with Crippen molar-refractivity contribution >= 4 is 33.0 Å². The minimum atomic E-state index is 0.530. The topological polar surface area (TPSA) is 42.2 Å². The monoisotopic (exact) mass is 348 g/mol. The van der Waals surface area contributed by atoms with E-state index in [4.69, 9.17) is 9.97 Å². The molecule has 0 unspecified atom stereocenters. The van der Waals surface area contributed by atoms with Crippen molar-refractivity contribution in [3.8, 4) is 10.7 Å². The molecular formula is C20H20N4S. The van der Waals surface area contributed by atoms with Gasteiger partial charge >= 0.3 is 0 Å². The van der Waals surface area contributed by atoms with Crippen LogP contribution in [0.2, 0.25) is 0 Å². The number of aromatic nitrogens is 3. The van der Waals surface area contributed by atoms with E-state index >= 15 is 0 Å². The number of hydrogen-bond donors (Lipinski definition) is 1. The van der Waals surface area contributed by atoms with Crippen LogP contribution in [0.4, 0.5) is 5.82 Å². The standard InChI is InChI=1S/C20H20N4S/c1-2-8-14(9-3-1)21-19-18(23-17-12-6-7-13-24(17)19)20-22-15-10-4-5-11-16(15)25-20/h4-7,10-14,21H,1-3,8-9H2. The first kappa shape index (κ1) is 14.9. The van der Waals surface area contributed by atoms with Crippen molar-refractivity contribution in [1.29, 1.82) is 0 Å². The van der Waals surface area contributed by atoms with Gasteiger partial charge in [-0.25, -0.2) is 9.97 Å². The highest BCUT2D eigenvalue weighted by Gasteiger charge is 2.21. The van der Waals surface area contributed by atoms with Crippen LogP contribution in [0.25, 0.3) is 26.6 Å². The van der Waals surface area contributed by atoms with E-state index in [0.717, 1.165) is 27.7 Å². The molecule has 0 aliphatic heterocycles. The van der Waals surface area contributed by atoms with Gasteiger partial charge in [-0.3, -0.25) is 4.40 Å². The number of benzene rings is 1. The van der Waals surface area contributed by atoms with Crippen LogP contribution >= 0.6 is 11.3 Å². The number of anilines is 1. The van der Waals surface area contributed by atoms with Crippen molar-refractivity contribution in [2.45, 2.75) is 38.1 Å². The molecule has 0 saturated heterocycles. The van der Waals surface area contributed by atoms with Gasteiger partial charge < -0.3 is 5.32 Å². The molecule has 4 nitrogen and oxygen atoms in total. The second-order valence-electron chi connectivity index (χ2n) is 6.70. The lowest BCUT2D eigenvalue weighted by Gasteiger charge is -2.23. The first-order valence-corrected chi connectivity index (χ1v) is 9.80. The van der Waals surface area contributed by atoms with Crippen molar-refractivity contribution in [3.63, 3.8) is 0 Å². The van der Waals surface area contributed by atoms with Crippen molar-refractivity contribution in [3.05, 3.63) is 48.7 Å². The van der Waals surface area contributed by atoms with Gasteiger partial charge in [-0.2, -0.15) is 0 Å². The second-order valence-corrected chi connectivity index (χ2v) is 7.73. The predicted octanol–water partition coefficient (Wildman–Crippen LogP) is 5.36. The van der Waals surface area contributed by atoms with Gasteiger partial charge in [0.25, 0.3) is 0 Å². The largest absolute Gasteiger partial charge is 0.367 e. The van der Waals surface area contributed by atoms with Gasteiger partial charge in [0.1, 0.15) is 22.2 Å². The third kappa shape index (κ3) is 2.68. The summed E-state index contributed by atoms with van der Waals surface area (Å²) in [5.41, 5.74) is 2.98. The first-order valence-electron chi connectivity index (χ1n) is 8.98. The van der Waals surface area contributed by atoms with E-state index < -0.39 is 0 Å². The maximum atomic E-state index is 4.89. The van der Waals surface area contributed by atoms with E-state index in [1.54, 1.807) is 11.3 Å². The summed E-state index contributed by atoms with van der Waals surface area (Å²) in [5, 5.41) is 4.77. The summed E-state index contributed by atoms with van der Waals surface area (Å²) >= 11 is 1.71. The quantitative estimate of drug-likeness (QED) is 0.542. The van der Waals surface area contributed by atoms with Crippen LogP contribution in [0.1, 0.15) is 32.1 Å². The SMILES string of the molecule is c1ccc2sc(-c3nc4ccccn4c3NC3CCCCC3)nc2c1. The van der Waals surface area contributed by atoms with E-state index in [-0.39, 0.29) is 0 Å². The smallest absolute Gasteiger partial charge is 0.146 e. The van der Waals surface area contributed by atoms with Gasteiger partial charge in [0.15, 0.2) is 0 Å². The summed E-state index contributed by atoms with van der Waals surface area (Å²) in [7, 11) is 0. The number of para-hydroxylation sites is 1. The number of hydrogen-bond acceptors (Lipinski definition) is 4. The normalized spacial score (nSPS) is 15.8. The molecule has 1 aromatic carbocycles. The van der Waals surface area contributed by atoms with Crippen LogP contribution in [0.5, 0.6) is 0 Å². The molecule has 1 fully saturated rings. The Kier molecular flexibility index (Phi) is 3.67. The molecule has 1 saturated carbocycles. The number of rotatable bonds is 3. The zero-order valence-electron chi connectivity index (χ0n) is 14.0. The molecular weight excluding hydrogens is 328 g/mol. The fourth-order valence-corrected chi connectivity index (χ4v) is 4.65. The summed E-state index contributed by atoms with van der Waals surface area (Å²) in [5.74, 6) is 1.08. The molecule has 25 heavy (non-hydrogen) atoms. The molecule has 1 aliphatic rings. The summed E-state index contributed by atoms with van der Waals surface area (Å²) in [6.07, 6.45) is 8.54. The lowest BCUT2D eigenvalue weighted by Crippen LogP contribution is -2.23. The Hall–Kier alpha value is -2.40. The fourth-order valence-electron chi connectivity index (χ4n) is 3.70. The molecule has 5 heteroatoms. The molecule has 126 valence electrons. The average molecular weight is 348 g/mol. The molecule has 1 N–H and O–H groups in total. The molecule has 0 bridgehead atoms. The maximum absolute atomic E-state index is 4.89. The zero-order chi connectivity index (χ0) is 16.6. The van der Waals surface area contributed by atoms with Gasteiger partial charge in [-0.15, -0.1) is 11.3 Å². The Bertz CT molecular complexity index is 993. The third-order valence-electron chi connectivity index (χ3n) is 4.97. The molecule has 0 atom stereocenters. The Morgan fingerprint density at radius 1 is 0.960 bits per heavy atom. The third-order valence-corrected chi connectivity index (χ3v) is 6.02. The summed E-state index contributed by atoms with van der Waals surface area (Å²) in [6, 6.07) is 15.0. The highest BCUT2D eigenvalue weighted by molar-refractivity contribution is 7.21. The van der Waals surface area contributed by atoms with Gasteiger partial charge in [-0.05, 0) is 37.1 Å². The number of thiazole rings is 1. The molecule has 5 rings (SSSR count). The number of imidazole rings is 1. The van der Waals surface area contributed by atoms with Crippen LogP contribution in [0.15, 0.2) is 48.7 Å². The lowest BCUT2D eigenvalue weighted by molar-refractivity contribution is 0.462. The Labute approximate surface area is 150 Å². The predicted molar refractivity (Wildman–Crippen MR) is 104 cm³/mol. The van der Waals surface area contributed by atoms with Crippen molar-refractivity contribution in [2.75, 3.05) is 5.32 Å². The van der Waals surface area contributed by atoms with E-state index in [9.17, 15) is 0 Å². The molecule has 3 heterocycles. The number of nitrogens with one attached hydrogen (secondary N) is 1. The second kappa shape index (κ2) is 6.15. The fraction of sp³-hybridized carbons (Fsp3) is 0.300. The summed E-state index contributed by atoms with van der Waals surface area (Å²) < 4.78 is 3.37.